The van der Waals surface area contributed by atoms with Crippen molar-refractivity contribution < 1.29 is 9.59 Å². The number of hydrogen-bond acceptors (Lipinski definition) is 3. The van der Waals surface area contributed by atoms with Crippen LogP contribution in [0.25, 0.3) is 0 Å². The van der Waals surface area contributed by atoms with Gasteiger partial charge in [-0.05, 0) is 44.6 Å². The van der Waals surface area contributed by atoms with Crippen LogP contribution in [0.15, 0.2) is 30.6 Å². The Morgan fingerprint density at radius 2 is 1.96 bits per heavy atom. The molecule has 2 heterocycles. The number of likely N-dealkylation sites (tertiary alicyclic amines) is 1. The van der Waals surface area contributed by atoms with E-state index in [2.05, 4.69) is 22.6 Å². The molecule has 1 aliphatic carbocycles. The first-order chi connectivity index (χ1) is 11.6. The third-order valence-corrected chi connectivity index (χ3v) is 5.15. The predicted octanol–water partition coefficient (Wildman–Crippen LogP) is 1.77. The average Bonchev–Trinajstić information content (AvgIpc) is 3.32. The van der Waals surface area contributed by atoms with Crippen LogP contribution in [0.1, 0.15) is 38.6 Å². The summed E-state index contributed by atoms with van der Waals surface area (Å²) in [6, 6.07) is 1.52. The second kappa shape index (κ2) is 7.64. The number of nitrogens with one attached hydrogen (secondary N) is 1. The predicted molar refractivity (Wildman–Crippen MR) is 91.1 cm³/mol. The highest BCUT2D eigenvalue weighted by Gasteiger charge is 2.28. The molecule has 1 aromatic heterocycles. The van der Waals surface area contributed by atoms with Gasteiger partial charge in [-0.15, -0.1) is 0 Å². The molecule has 1 N–H and O–H groups in total. The van der Waals surface area contributed by atoms with Crippen LogP contribution in [0.4, 0.5) is 0 Å². The van der Waals surface area contributed by atoms with Crippen molar-refractivity contribution in [2.75, 3.05) is 19.6 Å². The van der Waals surface area contributed by atoms with E-state index in [0.717, 1.165) is 38.8 Å². The smallest absolute Gasteiger partial charge is 0.244 e. The van der Waals surface area contributed by atoms with Gasteiger partial charge in [-0.25, -0.2) is 0 Å². The maximum absolute atomic E-state index is 12.4. The lowest BCUT2D eigenvalue weighted by Crippen LogP contribution is -2.44. The maximum Gasteiger partial charge on any atom is 0.244 e. The van der Waals surface area contributed by atoms with E-state index in [1.54, 1.807) is 17.1 Å². The van der Waals surface area contributed by atoms with Crippen LogP contribution in [0.3, 0.4) is 0 Å². The number of carbonyl (C=O) groups is 2. The number of aromatic nitrogens is 2. The van der Waals surface area contributed by atoms with E-state index >= 15 is 0 Å². The van der Waals surface area contributed by atoms with Gasteiger partial charge in [-0.2, -0.15) is 5.10 Å². The van der Waals surface area contributed by atoms with Gasteiger partial charge < -0.3 is 10.2 Å². The number of carbonyl (C=O) groups excluding carboxylic acids is 2. The molecule has 1 atom stereocenters. The van der Waals surface area contributed by atoms with Gasteiger partial charge in [0, 0.05) is 37.9 Å². The lowest BCUT2D eigenvalue weighted by molar-refractivity contribution is -0.136. The largest absolute Gasteiger partial charge is 0.354 e. The average molecular weight is 330 g/mol. The minimum Gasteiger partial charge on any atom is -0.354 e. The zero-order valence-corrected chi connectivity index (χ0v) is 14.2. The fourth-order valence-corrected chi connectivity index (χ4v) is 3.46. The molecule has 0 spiro atoms. The zero-order valence-electron chi connectivity index (χ0n) is 14.2. The van der Waals surface area contributed by atoms with Gasteiger partial charge in [0.2, 0.25) is 11.8 Å². The number of nitrogens with zero attached hydrogens (tertiary/aromatic N) is 3. The van der Waals surface area contributed by atoms with Crippen LogP contribution >= 0.6 is 0 Å². The van der Waals surface area contributed by atoms with E-state index in [1.165, 1.54) is 0 Å². The molecule has 6 heteroatoms. The van der Waals surface area contributed by atoms with Gasteiger partial charge in [0.05, 0.1) is 0 Å². The Labute approximate surface area is 142 Å². The number of rotatable bonds is 5. The molecule has 0 saturated carbocycles. The van der Waals surface area contributed by atoms with Crippen molar-refractivity contribution in [2.45, 2.75) is 38.6 Å². The molecule has 2 amide bonds. The van der Waals surface area contributed by atoms with Gasteiger partial charge in [0.1, 0.15) is 6.04 Å². The van der Waals surface area contributed by atoms with E-state index in [1.807, 2.05) is 17.9 Å². The van der Waals surface area contributed by atoms with E-state index in [9.17, 15) is 9.59 Å². The Kier molecular flexibility index (Phi) is 5.33. The van der Waals surface area contributed by atoms with Crippen LogP contribution in [0.2, 0.25) is 0 Å². The van der Waals surface area contributed by atoms with Crippen molar-refractivity contribution >= 4 is 11.8 Å². The number of piperidine rings is 1. The third kappa shape index (κ3) is 3.86. The molecule has 3 rings (SSSR count). The molecule has 6 nitrogen and oxygen atoms in total. The summed E-state index contributed by atoms with van der Waals surface area (Å²) < 4.78 is 1.66. The SMILES string of the molecule is C[C@@H](C(=O)NCC1CCN(C(=O)C2CC=CC2)CC1)n1cccn1. The summed E-state index contributed by atoms with van der Waals surface area (Å²) in [5.41, 5.74) is 0. The summed E-state index contributed by atoms with van der Waals surface area (Å²) in [5.74, 6) is 0.907. The first kappa shape index (κ1) is 16.7. The summed E-state index contributed by atoms with van der Waals surface area (Å²) in [6.07, 6.45) is 11.4. The molecule has 1 saturated heterocycles. The molecule has 130 valence electrons. The highest BCUT2D eigenvalue weighted by molar-refractivity contribution is 5.80. The molecular formula is C18H26N4O2. The molecular weight excluding hydrogens is 304 g/mol. The number of hydrogen-bond donors (Lipinski definition) is 1. The van der Waals surface area contributed by atoms with Crippen molar-refractivity contribution in [2.24, 2.45) is 11.8 Å². The number of amides is 2. The monoisotopic (exact) mass is 330 g/mol. The van der Waals surface area contributed by atoms with E-state index in [4.69, 9.17) is 0 Å². The second-order valence-electron chi connectivity index (χ2n) is 6.82. The fraction of sp³-hybridized carbons (Fsp3) is 0.611. The minimum atomic E-state index is -0.295. The van der Waals surface area contributed by atoms with Gasteiger partial charge in [-0.3, -0.25) is 14.3 Å². The Bertz CT molecular complexity index is 580. The van der Waals surface area contributed by atoms with Crippen molar-refractivity contribution in [3.63, 3.8) is 0 Å². The topological polar surface area (TPSA) is 67.2 Å². The third-order valence-electron chi connectivity index (χ3n) is 5.15. The zero-order chi connectivity index (χ0) is 16.9. The van der Waals surface area contributed by atoms with Crippen LogP contribution < -0.4 is 5.32 Å². The Balaban J connectivity index is 1.39. The van der Waals surface area contributed by atoms with Gasteiger partial charge in [0.25, 0.3) is 0 Å². The first-order valence-corrected chi connectivity index (χ1v) is 8.85. The van der Waals surface area contributed by atoms with Crippen LogP contribution in [0, 0.1) is 11.8 Å². The summed E-state index contributed by atoms with van der Waals surface area (Å²) in [4.78, 5) is 26.6. The van der Waals surface area contributed by atoms with Gasteiger partial charge >= 0.3 is 0 Å². The van der Waals surface area contributed by atoms with E-state index in [-0.39, 0.29) is 17.9 Å². The van der Waals surface area contributed by atoms with Crippen molar-refractivity contribution in [1.82, 2.24) is 20.0 Å². The van der Waals surface area contributed by atoms with Crippen LogP contribution in [0.5, 0.6) is 0 Å². The lowest BCUT2D eigenvalue weighted by Gasteiger charge is -2.33. The second-order valence-corrected chi connectivity index (χ2v) is 6.82. The highest BCUT2D eigenvalue weighted by atomic mass is 16.2. The minimum absolute atomic E-state index is 0.00534. The first-order valence-electron chi connectivity index (χ1n) is 8.85. The van der Waals surface area contributed by atoms with Crippen LogP contribution in [-0.2, 0) is 9.59 Å². The molecule has 1 fully saturated rings. The standard InChI is InChI=1S/C18H26N4O2/c1-14(22-10-4-9-20-22)17(23)19-13-15-7-11-21(12-8-15)18(24)16-5-2-3-6-16/h2-4,9-10,14-16H,5-8,11-13H2,1H3,(H,19,23)/t14-/m0/s1. The van der Waals surface area contributed by atoms with Gasteiger partial charge in [-0.1, -0.05) is 12.2 Å². The van der Waals surface area contributed by atoms with E-state index < -0.39 is 0 Å². The quantitative estimate of drug-likeness (QED) is 0.837. The number of allylic oxidation sites excluding steroid dienone is 2. The summed E-state index contributed by atoms with van der Waals surface area (Å²) in [6.45, 7) is 4.14. The normalized spacial score (nSPS) is 20.3. The fourth-order valence-electron chi connectivity index (χ4n) is 3.46. The highest BCUT2D eigenvalue weighted by Crippen LogP contribution is 2.24. The molecule has 0 unspecified atom stereocenters. The Morgan fingerprint density at radius 1 is 1.25 bits per heavy atom. The van der Waals surface area contributed by atoms with Crippen molar-refractivity contribution in [1.29, 1.82) is 0 Å². The molecule has 2 aliphatic rings. The Hall–Kier alpha value is -2.11. The lowest BCUT2D eigenvalue weighted by atomic mass is 9.95. The van der Waals surface area contributed by atoms with E-state index in [0.29, 0.717) is 18.4 Å². The molecule has 1 aliphatic heterocycles. The maximum atomic E-state index is 12.4. The van der Waals surface area contributed by atoms with Gasteiger partial charge in [0.15, 0.2) is 0 Å². The molecule has 24 heavy (non-hydrogen) atoms. The van der Waals surface area contributed by atoms with Crippen molar-refractivity contribution in [3.8, 4) is 0 Å². The summed E-state index contributed by atoms with van der Waals surface area (Å²) in [5, 5.41) is 7.13. The van der Waals surface area contributed by atoms with Crippen LogP contribution in [-0.4, -0.2) is 46.1 Å². The van der Waals surface area contributed by atoms with Crippen molar-refractivity contribution in [3.05, 3.63) is 30.6 Å². The molecule has 1 aromatic rings. The molecule has 0 radical (unpaired) electrons. The molecule has 0 aromatic carbocycles. The molecule has 0 bridgehead atoms. The Morgan fingerprint density at radius 3 is 2.58 bits per heavy atom. The summed E-state index contributed by atoms with van der Waals surface area (Å²) >= 11 is 0. The summed E-state index contributed by atoms with van der Waals surface area (Å²) in [7, 11) is 0.